The lowest BCUT2D eigenvalue weighted by Gasteiger charge is -2.21. The van der Waals surface area contributed by atoms with Crippen LogP contribution in [-0.2, 0) is 11.3 Å². The Morgan fingerprint density at radius 1 is 1.17 bits per heavy atom. The molecule has 1 amide bonds. The summed E-state index contributed by atoms with van der Waals surface area (Å²) in [6.07, 6.45) is 3.39. The van der Waals surface area contributed by atoms with E-state index >= 15 is 0 Å². The van der Waals surface area contributed by atoms with Crippen molar-refractivity contribution in [3.8, 4) is 17.2 Å². The number of rotatable bonds is 9. The monoisotopic (exact) mass is 429 g/mol. The summed E-state index contributed by atoms with van der Waals surface area (Å²) in [5.74, 6) is 1.18. The fraction of sp³-hybridized carbons (Fsp3) is 0.273. The first-order valence-corrected chi connectivity index (χ1v) is 10.4. The van der Waals surface area contributed by atoms with Crippen LogP contribution in [0.4, 0.5) is 4.39 Å². The van der Waals surface area contributed by atoms with E-state index in [1.807, 2.05) is 25.1 Å². The third-order valence-corrected chi connectivity index (χ3v) is 5.53. The van der Waals surface area contributed by atoms with Gasteiger partial charge in [-0.15, -0.1) is 0 Å². The lowest BCUT2D eigenvalue weighted by atomic mass is 10.2. The molecule has 158 valence electrons. The molecule has 0 saturated heterocycles. The van der Waals surface area contributed by atoms with Crippen LogP contribution in [-0.4, -0.2) is 46.9 Å². The number of hydrogen-bond acceptors (Lipinski definition) is 5. The number of carbonyl (C=O) groups is 1. The summed E-state index contributed by atoms with van der Waals surface area (Å²) >= 11 is 1.32. The standard InChI is InChI=1S/C22H24FN3O3S/c1-4-25(14-16-8-9-19(28-2)20(12-16)29-3)21(27)15-30-22-24-10-11-26(22)18-7-5-6-17(23)13-18/h5-13H,4,14-15H2,1-3H3. The third-order valence-electron chi connectivity index (χ3n) is 4.57. The van der Waals surface area contributed by atoms with Gasteiger partial charge in [0.1, 0.15) is 5.82 Å². The lowest BCUT2D eigenvalue weighted by Crippen LogP contribution is -2.31. The number of ether oxygens (including phenoxy) is 2. The summed E-state index contributed by atoms with van der Waals surface area (Å²) in [5.41, 5.74) is 1.62. The largest absolute Gasteiger partial charge is 0.493 e. The molecule has 1 heterocycles. The fourth-order valence-corrected chi connectivity index (χ4v) is 3.89. The number of methoxy groups -OCH3 is 2. The van der Waals surface area contributed by atoms with Crippen molar-refractivity contribution in [2.45, 2.75) is 18.6 Å². The van der Waals surface area contributed by atoms with Crippen LogP contribution in [0, 0.1) is 5.82 Å². The van der Waals surface area contributed by atoms with Crippen molar-refractivity contribution < 1.29 is 18.7 Å². The van der Waals surface area contributed by atoms with Crippen LogP contribution >= 0.6 is 11.8 Å². The van der Waals surface area contributed by atoms with Gasteiger partial charge in [-0.3, -0.25) is 9.36 Å². The summed E-state index contributed by atoms with van der Waals surface area (Å²) in [6.45, 7) is 2.98. The van der Waals surface area contributed by atoms with Crippen LogP contribution in [0.25, 0.3) is 5.69 Å². The molecule has 6 nitrogen and oxygen atoms in total. The highest BCUT2D eigenvalue weighted by molar-refractivity contribution is 7.99. The first kappa shape index (κ1) is 21.7. The van der Waals surface area contributed by atoms with Gasteiger partial charge in [0.15, 0.2) is 16.7 Å². The van der Waals surface area contributed by atoms with Crippen molar-refractivity contribution in [2.24, 2.45) is 0 Å². The number of benzene rings is 2. The Morgan fingerprint density at radius 2 is 1.97 bits per heavy atom. The number of halogens is 1. The van der Waals surface area contributed by atoms with E-state index < -0.39 is 0 Å². The zero-order valence-electron chi connectivity index (χ0n) is 17.2. The van der Waals surface area contributed by atoms with E-state index in [0.29, 0.717) is 35.4 Å². The minimum absolute atomic E-state index is 0.00826. The zero-order chi connectivity index (χ0) is 21.5. The molecule has 0 fully saturated rings. The maximum atomic E-state index is 13.5. The van der Waals surface area contributed by atoms with Gasteiger partial charge in [-0.2, -0.15) is 0 Å². The molecule has 0 spiro atoms. The Morgan fingerprint density at radius 3 is 2.67 bits per heavy atom. The Kier molecular flexibility index (Phi) is 7.35. The highest BCUT2D eigenvalue weighted by Crippen LogP contribution is 2.28. The fourth-order valence-electron chi connectivity index (χ4n) is 3.01. The molecule has 0 aliphatic carbocycles. The number of carbonyl (C=O) groups excluding carboxylic acids is 1. The number of hydrogen-bond donors (Lipinski definition) is 0. The molecule has 0 bridgehead atoms. The number of imidazole rings is 1. The number of aromatic nitrogens is 2. The predicted octanol–water partition coefficient (Wildman–Crippen LogP) is 4.17. The SMILES string of the molecule is CCN(Cc1ccc(OC)c(OC)c1)C(=O)CSc1nccn1-c1cccc(F)c1. The second-order valence-electron chi connectivity index (χ2n) is 6.45. The van der Waals surface area contributed by atoms with Crippen LogP contribution in [0.3, 0.4) is 0 Å². The normalized spacial score (nSPS) is 10.7. The number of thioether (sulfide) groups is 1. The Hall–Kier alpha value is -3.00. The average Bonchev–Trinajstić information content (AvgIpc) is 3.24. The molecule has 2 aromatic carbocycles. The van der Waals surface area contributed by atoms with Crippen molar-refractivity contribution in [1.29, 1.82) is 0 Å². The van der Waals surface area contributed by atoms with Crippen LogP contribution < -0.4 is 9.47 Å². The molecule has 0 saturated carbocycles. The molecule has 0 aliphatic rings. The van der Waals surface area contributed by atoms with Gasteiger partial charge in [0.25, 0.3) is 0 Å². The van der Waals surface area contributed by atoms with Gasteiger partial charge in [0.2, 0.25) is 5.91 Å². The lowest BCUT2D eigenvalue weighted by molar-refractivity contribution is -0.128. The van der Waals surface area contributed by atoms with Gasteiger partial charge in [-0.05, 0) is 42.8 Å². The maximum absolute atomic E-state index is 13.5. The molecule has 0 unspecified atom stereocenters. The van der Waals surface area contributed by atoms with Crippen LogP contribution in [0.5, 0.6) is 11.5 Å². The molecule has 0 atom stereocenters. The number of nitrogens with zero attached hydrogens (tertiary/aromatic N) is 3. The summed E-state index contributed by atoms with van der Waals surface area (Å²) in [7, 11) is 3.17. The quantitative estimate of drug-likeness (QED) is 0.478. The van der Waals surface area contributed by atoms with Crippen molar-refractivity contribution in [1.82, 2.24) is 14.5 Å². The number of amides is 1. The Balaban J connectivity index is 1.66. The molecule has 3 aromatic rings. The van der Waals surface area contributed by atoms with E-state index in [1.165, 1.54) is 23.9 Å². The molecule has 3 rings (SSSR count). The summed E-state index contributed by atoms with van der Waals surface area (Å²) < 4.78 is 25.9. The van der Waals surface area contributed by atoms with E-state index in [-0.39, 0.29) is 17.5 Å². The summed E-state index contributed by atoms with van der Waals surface area (Å²) in [5, 5.41) is 0.635. The topological polar surface area (TPSA) is 56.6 Å². The second kappa shape index (κ2) is 10.2. The molecule has 8 heteroatoms. The van der Waals surface area contributed by atoms with Crippen molar-refractivity contribution >= 4 is 17.7 Å². The van der Waals surface area contributed by atoms with Crippen molar-refractivity contribution in [3.05, 3.63) is 66.2 Å². The molecule has 0 aliphatic heterocycles. The molecular formula is C22H24FN3O3S. The second-order valence-corrected chi connectivity index (χ2v) is 7.39. The third kappa shape index (κ3) is 5.13. The minimum atomic E-state index is -0.319. The maximum Gasteiger partial charge on any atom is 0.233 e. The predicted molar refractivity (Wildman–Crippen MR) is 115 cm³/mol. The minimum Gasteiger partial charge on any atom is -0.493 e. The first-order valence-electron chi connectivity index (χ1n) is 9.46. The van der Waals surface area contributed by atoms with Gasteiger partial charge in [0, 0.05) is 25.5 Å². The van der Waals surface area contributed by atoms with E-state index in [2.05, 4.69) is 4.98 Å². The van der Waals surface area contributed by atoms with E-state index in [4.69, 9.17) is 9.47 Å². The van der Waals surface area contributed by atoms with Gasteiger partial charge in [-0.1, -0.05) is 23.9 Å². The van der Waals surface area contributed by atoms with Gasteiger partial charge >= 0.3 is 0 Å². The van der Waals surface area contributed by atoms with Gasteiger partial charge < -0.3 is 14.4 Å². The molecule has 0 radical (unpaired) electrons. The summed E-state index contributed by atoms with van der Waals surface area (Å²) in [4.78, 5) is 18.9. The summed E-state index contributed by atoms with van der Waals surface area (Å²) in [6, 6.07) is 11.9. The molecule has 30 heavy (non-hydrogen) atoms. The first-order chi connectivity index (χ1) is 14.5. The molecular weight excluding hydrogens is 405 g/mol. The van der Waals surface area contributed by atoms with Gasteiger partial charge in [-0.25, -0.2) is 9.37 Å². The molecule has 1 aromatic heterocycles. The smallest absolute Gasteiger partial charge is 0.233 e. The van der Waals surface area contributed by atoms with Gasteiger partial charge in [0.05, 0.1) is 25.7 Å². The zero-order valence-corrected chi connectivity index (χ0v) is 18.0. The Labute approximate surface area is 179 Å². The average molecular weight is 430 g/mol. The van der Waals surface area contributed by atoms with Crippen LogP contribution in [0.2, 0.25) is 0 Å². The van der Waals surface area contributed by atoms with Crippen molar-refractivity contribution in [2.75, 3.05) is 26.5 Å². The van der Waals surface area contributed by atoms with E-state index in [9.17, 15) is 9.18 Å². The Bertz CT molecular complexity index is 1010. The van der Waals surface area contributed by atoms with Crippen molar-refractivity contribution in [3.63, 3.8) is 0 Å². The van der Waals surface area contributed by atoms with E-state index in [1.54, 1.807) is 48.2 Å². The van der Waals surface area contributed by atoms with Crippen LogP contribution in [0.15, 0.2) is 60.0 Å². The highest BCUT2D eigenvalue weighted by Gasteiger charge is 2.16. The molecule has 0 N–H and O–H groups in total. The van der Waals surface area contributed by atoms with Crippen LogP contribution in [0.1, 0.15) is 12.5 Å². The highest BCUT2D eigenvalue weighted by atomic mass is 32.2. The van der Waals surface area contributed by atoms with E-state index in [0.717, 1.165) is 5.56 Å².